The predicted molar refractivity (Wildman–Crippen MR) is 229 cm³/mol. The lowest BCUT2D eigenvalue weighted by molar-refractivity contribution is 0.623. The Morgan fingerprint density at radius 3 is 1.96 bits per heavy atom. The molecule has 5 nitrogen and oxygen atoms in total. The fraction of sp³-hybridized carbons (Fsp3) is 0. The van der Waals surface area contributed by atoms with Gasteiger partial charge in [0.15, 0.2) is 5.58 Å². The van der Waals surface area contributed by atoms with E-state index in [1.165, 1.54) is 10.8 Å². The minimum absolute atomic E-state index is 0.571. The Kier molecular flexibility index (Phi) is 6.56. The van der Waals surface area contributed by atoms with E-state index in [-0.39, 0.29) is 0 Å². The zero-order chi connectivity index (χ0) is 36.7. The number of furan rings is 2. The van der Waals surface area contributed by atoms with Gasteiger partial charge in [-0.25, -0.2) is 4.98 Å². The molecule has 3 heterocycles. The first-order chi connectivity index (χ1) is 27.7. The molecule has 0 fully saturated rings. The van der Waals surface area contributed by atoms with Gasteiger partial charge in [0.25, 0.3) is 0 Å². The molecule has 0 atom stereocenters. The molecular formula is C51H30N2O3. The normalized spacial score (nSPS) is 11.9. The van der Waals surface area contributed by atoms with Crippen molar-refractivity contribution in [1.82, 2.24) is 4.98 Å². The first-order valence-corrected chi connectivity index (χ1v) is 18.8. The van der Waals surface area contributed by atoms with Crippen LogP contribution < -0.4 is 4.90 Å². The van der Waals surface area contributed by atoms with Crippen LogP contribution >= 0.6 is 0 Å². The summed E-state index contributed by atoms with van der Waals surface area (Å²) in [5.74, 6) is 0.571. The van der Waals surface area contributed by atoms with Crippen LogP contribution in [0.4, 0.5) is 17.1 Å². The SMILES string of the molecule is c1ccc(-c2cccc(N(c3ccc4c(c3)oc3cccc(-c5nc6ccc7ccccc7c6o5)c34)c3ccc4oc5ccc6ccccc6c5c4c3)c2)cc1. The highest BCUT2D eigenvalue weighted by atomic mass is 16.4. The van der Waals surface area contributed by atoms with Crippen molar-refractivity contribution >= 4 is 93.6 Å². The lowest BCUT2D eigenvalue weighted by Gasteiger charge is -2.26. The smallest absolute Gasteiger partial charge is 0.228 e. The molecule has 12 aromatic rings. The lowest BCUT2D eigenvalue weighted by atomic mass is 10.0. The van der Waals surface area contributed by atoms with Crippen molar-refractivity contribution in [3.05, 3.63) is 182 Å². The molecule has 0 unspecified atom stereocenters. The van der Waals surface area contributed by atoms with Crippen LogP contribution in [-0.2, 0) is 0 Å². The van der Waals surface area contributed by atoms with Crippen molar-refractivity contribution in [2.75, 3.05) is 4.90 Å². The monoisotopic (exact) mass is 718 g/mol. The van der Waals surface area contributed by atoms with Gasteiger partial charge < -0.3 is 18.2 Å². The van der Waals surface area contributed by atoms with Gasteiger partial charge in [0.2, 0.25) is 5.89 Å². The van der Waals surface area contributed by atoms with Gasteiger partial charge in [-0.15, -0.1) is 0 Å². The number of hydrogen-bond acceptors (Lipinski definition) is 5. The van der Waals surface area contributed by atoms with Crippen LogP contribution in [-0.4, -0.2) is 4.98 Å². The van der Waals surface area contributed by atoms with Gasteiger partial charge >= 0.3 is 0 Å². The van der Waals surface area contributed by atoms with E-state index in [9.17, 15) is 0 Å². The topological polar surface area (TPSA) is 55.6 Å². The number of benzene rings is 9. The average molecular weight is 719 g/mol. The Balaban J connectivity index is 1.06. The Morgan fingerprint density at radius 1 is 0.375 bits per heavy atom. The number of aromatic nitrogens is 1. The zero-order valence-electron chi connectivity index (χ0n) is 29.9. The predicted octanol–water partition coefficient (Wildman–Crippen LogP) is 14.7. The molecule has 9 aromatic carbocycles. The number of hydrogen-bond donors (Lipinski definition) is 0. The van der Waals surface area contributed by atoms with Crippen molar-refractivity contribution in [2.45, 2.75) is 0 Å². The van der Waals surface area contributed by atoms with E-state index in [0.717, 1.165) is 99.5 Å². The Bertz CT molecular complexity index is 3500. The van der Waals surface area contributed by atoms with Crippen molar-refractivity contribution in [3.8, 4) is 22.6 Å². The van der Waals surface area contributed by atoms with Gasteiger partial charge in [-0.2, -0.15) is 0 Å². The maximum atomic E-state index is 6.67. The number of oxazole rings is 1. The molecule has 0 radical (unpaired) electrons. The van der Waals surface area contributed by atoms with Crippen LogP contribution in [0, 0.1) is 0 Å². The Hall–Kier alpha value is -7.63. The van der Waals surface area contributed by atoms with E-state index >= 15 is 0 Å². The van der Waals surface area contributed by atoms with Crippen molar-refractivity contribution in [1.29, 1.82) is 0 Å². The van der Waals surface area contributed by atoms with Gasteiger partial charge in [0.1, 0.15) is 27.8 Å². The van der Waals surface area contributed by atoms with Gasteiger partial charge in [-0.05, 0) is 94.0 Å². The third-order valence-electron chi connectivity index (χ3n) is 11.1. The number of anilines is 3. The molecule has 0 aliphatic carbocycles. The molecule has 3 aromatic heterocycles. The Labute approximate surface area is 320 Å². The van der Waals surface area contributed by atoms with Crippen molar-refractivity contribution in [2.24, 2.45) is 0 Å². The molecule has 5 heteroatoms. The summed E-state index contributed by atoms with van der Waals surface area (Å²) in [5, 5.41) is 8.67. The summed E-state index contributed by atoms with van der Waals surface area (Å²) in [6.07, 6.45) is 0. The molecule has 0 saturated carbocycles. The fourth-order valence-corrected chi connectivity index (χ4v) is 8.48. The van der Waals surface area contributed by atoms with E-state index in [1.54, 1.807) is 0 Å². The number of rotatable bonds is 5. The van der Waals surface area contributed by atoms with Gasteiger partial charge in [-0.1, -0.05) is 109 Å². The highest BCUT2D eigenvalue weighted by molar-refractivity contribution is 6.19. The minimum Gasteiger partial charge on any atom is -0.456 e. The highest BCUT2D eigenvalue weighted by Gasteiger charge is 2.21. The summed E-state index contributed by atoms with van der Waals surface area (Å²) >= 11 is 0. The molecule has 12 rings (SSSR count). The summed E-state index contributed by atoms with van der Waals surface area (Å²) in [7, 11) is 0. The lowest BCUT2D eigenvalue weighted by Crippen LogP contribution is -2.10. The Morgan fingerprint density at radius 2 is 1.05 bits per heavy atom. The molecular weight excluding hydrogens is 689 g/mol. The zero-order valence-corrected chi connectivity index (χ0v) is 29.9. The maximum Gasteiger partial charge on any atom is 0.228 e. The van der Waals surface area contributed by atoms with Gasteiger partial charge in [0.05, 0.1) is 0 Å². The molecule has 0 aliphatic rings. The summed E-state index contributed by atoms with van der Waals surface area (Å²) in [5.41, 5.74) is 11.1. The second-order valence-corrected chi connectivity index (χ2v) is 14.3. The third kappa shape index (κ3) is 4.71. The van der Waals surface area contributed by atoms with Crippen molar-refractivity contribution < 1.29 is 13.3 Å². The minimum atomic E-state index is 0.571. The van der Waals surface area contributed by atoms with Crippen LogP contribution in [0.25, 0.3) is 99.1 Å². The molecule has 0 spiro atoms. The van der Waals surface area contributed by atoms with Crippen LogP contribution in [0.5, 0.6) is 0 Å². The molecule has 56 heavy (non-hydrogen) atoms. The first kappa shape index (κ1) is 30.8. The maximum absolute atomic E-state index is 6.67. The molecule has 262 valence electrons. The number of nitrogens with zero attached hydrogens (tertiary/aromatic N) is 2. The summed E-state index contributed by atoms with van der Waals surface area (Å²) < 4.78 is 19.6. The van der Waals surface area contributed by atoms with Crippen molar-refractivity contribution in [3.63, 3.8) is 0 Å². The standard InChI is InChI=1S/C51H30N2O3/c1-2-10-31(11-3-1)34-14-8-15-35(28-34)53(36-23-27-44-42(29-36)48-38-16-6-4-12-32(38)21-26-46(48)54-44)37-22-24-40-47(30-37)55-45-19-9-18-41(49(40)45)51-52-43-25-20-33-13-5-7-17-39(33)50(43)56-51/h1-30H. The van der Waals surface area contributed by atoms with E-state index < -0.39 is 0 Å². The first-order valence-electron chi connectivity index (χ1n) is 18.8. The molecule has 0 amide bonds. The van der Waals surface area contributed by atoms with E-state index in [4.69, 9.17) is 18.2 Å². The van der Waals surface area contributed by atoms with Crippen LogP contribution in [0.3, 0.4) is 0 Å². The van der Waals surface area contributed by atoms with E-state index in [1.807, 2.05) is 36.4 Å². The fourth-order valence-electron chi connectivity index (χ4n) is 8.48. The summed E-state index contributed by atoms with van der Waals surface area (Å²) in [4.78, 5) is 7.27. The summed E-state index contributed by atoms with van der Waals surface area (Å²) in [6, 6.07) is 63.3. The molecule has 0 N–H and O–H groups in total. The molecule has 0 saturated heterocycles. The van der Waals surface area contributed by atoms with Gasteiger partial charge in [0, 0.05) is 55.6 Å². The number of fused-ring (bicyclic) bond motifs is 11. The van der Waals surface area contributed by atoms with E-state index in [0.29, 0.717) is 5.89 Å². The quantitative estimate of drug-likeness (QED) is 0.177. The molecule has 0 bridgehead atoms. The van der Waals surface area contributed by atoms with Crippen LogP contribution in [0.15, 0.2) is 195 Å². The van der Waals surface area contributed by atoms with Crippen LogP contribution in [0.2, 0.25) is 0 Å². The van der Waals surface area contributed by atoms with Gasteiger partial charge in [-0.3, -0.25) is 0 Å². The average Bonchev–Trinajstić information content (AvgIpc) is 3.98. The van der Waals surface area contributed by atoms with Crippen LogP contribution in [0.1, 0.15) is 0 Å². The summed E-state index contributed by atoms with van der Waals surface area (Å²) in [6.45, 7) is 0. The van der Waals surface area contributed by atoms with E-state index in [2.05, 4.69) is 150 Å². The largest absolute Gasteiger partial charge is 0.456 e. The second kappa shape index (κ2) is 11.9. The highest BCUT2D eigenvalue weighted by Crippen LogP contribution is 2.44. The third-order valence-corrected chi connectivity index (χ3v) is 11.1. The second-order valence-electron chi connectivity index (χ2n) is 14.3. The molecule has 0 aliphatic heterocycles.